The van der Waals surface area contributed by atoms with Gasteiger partial charge in [-0.15, -0.1) is 0 Å². The van der Waals surface area contributed by atoms with E-state index in [-0.39, 0.29) is 18.4 Å². The van der Waals surface area contributed by atoms with Crippen molar-refractivity contribution < 1.29 is 14.3 Å². The van der Waals surface area contributed by atoms with Crippen molar-refractivity contribution in [2.75, 3.05) is 17.2 Å². The van der Waals surface area contributed by atoms with Crippen LogP contribution >= 0.6 is 0 Å². The highest BCUT2D eigenvalue weighted by Gasteiger charge is 2.38. The van der Waals surface area contributed by atoms with Gasteiger partial charge in [-0.2, -0.15) is 0 Å². The van der Waals surface area contributed by atoms with Crippen molar-refractivity contribution in [3.63, 3.8) is 0 Å². The molecular weight excluding hydrogens is 402 g/mol. The zero-order valence-electron chi connectivity index (χ0n) is 17.7. The Morgan fingerprint density at radius 2 is 1.38 bits per heavy atom. The molecule has 0 aromatic heterocycles. The monoisotopic (exact) mass is 427 g/mol. The van der Waals surface area contributed by atoms with Gasteiger partial charge in [-0.05, 0) is 60.4 Å². The lowest BCUT2D eigenvalue weighted by Gasteiger charge is -2.24. The Hall–Kier alpha value is -3.80. The van der Waals surface area contributed by atoms with Crippen molar-refractivity contribution in [2.24, 2.45) is 0 Å². The Labute approximate surface area is 187 Å². The van der Waals surface area contributed by atoms with Crippen molar-refractivity contribution in [1.29, 1.82) is 0 Å². The molecular formula is C26H25N3O3. The first kappa shape index (κ1) is 20.1. The third-order valence-electron chi connectivity index (χ3n) is 6.06. The van der Waals surface area contributed by atoms with Crippen LogP contribution in [0.3, 0.4) is 0 Å². The van der Waals surface area contributed by atoms with Crippen LogP contribution in [0.1, 0.15) is 17.5 Å². The number of carbonyl (C=O) groups excluding carboxylic acids is 2. The van der Waals surface area contributed by atoms with Gasteiger partial charge >= 0.3 is 6.09 Å². The zero-order valence-corrected chi connectivity index (χ0v) is 17.7. The van der Waals surface area contributed by atoms with Crippen molar-refractivity contribution in [2.45, 2.75) is 31.4 Å². The van der Waals surface area contributed by atoms with E-state index in [1.807, 2.05) is 71.6 Å². The number of amides is 2. The number of para-hydroxylation sites is 1. The smallest absolute Gasteiger partial charge is 0.411 e. The van der Waals surface area contributed by atoms with Gasteiger partial charge in [0.2, 0.25) is 5.91 Å². The molecule has 0 spiro atoms. The molecule has 6 heteroatoms. The standard InChI is InChI=1S/C26H25N3O3/c30-25-16-24(17-29(25)23-14-18-6-4-5-7-19(18)15-23)32-26(31)28-22-12-10-21(11-13-22)27-20-8-2-1-3-9-20/h1-13,23-24,27H,14-17H2,(H,28,31). The molecule has 3 aromatic rings. The summed E-state index contributed by atoms with van der Waals surface area (Å²) in [4.78, 5) is 26.8. The number of ether oxygens (including phenoxy) is 1. The van der Waals surface area contributed by atoms with Crippen LogP contribution in [0.15, 0.2) is 78.9 Å². The van der Waals surface area contributed by atoms with Crippen LogP contribution in [0.25, 0.3) is 0 Å². The van der Waals surface area contributed by atoms with Crippen molar-refractivity contribution in [1.82, 2.24) is 4.90 Å². The fourth-order valence-corrected chi connectivity index (χ4v) is 4.51. The van der Waals surface area contributed by atoms with Crippen LogP contribution in [0.4, 0.5) is 21.9 Å². The molecule has 1 fully saturated rings. The van der Waals surface area contributed by atoms with Gasteiger partial charge in [-0.1, -0.05) is 42.5 Å². The minimum Gasteiger partial charge on any atom is -0.444 e. The third-order valence-corrected chi connectivity index (χ3v) is 6.06. The maximum Gasteiger partial charge on any atom is 0.411 e. The summed E-state index contributed by atoms with van der Waals surface area (Å²) in [5.41, 5.74) is 5.16. The third kappa shape index (κ3) is 4.44. The molecule has 0 saturated carbocycles. The second-order valence-corrected chi connectivity index (χ2v) is 8.30. The lowest BCUT2D eigenvalue weighted by Crippen LogP contribution is -2.38. The number of nitrogens with zero attached hydrogens (tertiary/aromatic N) is 1. The van der Waals surface area contributed by atoms with E-state index in [2.05, 4.69) is 22.8 Å². The molecule has 1 aliphatic carbocycles. The molecule has 2 aliphatic rings. The van der Waals surface area contributed by atoms with E-state index in [1.165, 1.54) is 11.1 Å². The van der Waals surface area contributed by atoms with Crippen molar-refractivity contribution in [3.8, 4) is 0 Å². The molecule has 1 saturated heterocycles. The molecule has 1 atom stereocenters. The SMILES string of the molecule is O=C(Nc1ccc(Nc2ccccc2)cc1)OC1CC(=O)N(C2Cc3ccccc3C2)C1. The molecule has 5 rings (SSSR count). The Morgan fingerprint density at radius 1 is 0.781 bits per heavy atom. The number of hydrogen-bond donors (Lipinski definition) is 2. The summed E-state index contributed by atoms with van der Waals surface area (Å²) in [7, 11) is 0. The quantitative estimate of drug-likeness (QED) is 0.617. The van der Waals surface area contributed by atoms with Crippen LogP contribution in [0.2, 0.25) is 0 Å². The van der Waals surface area contributed by atoms with Crippen LogP contribution < -0.4 is 10.6 Å². The van der Waals surface area contributed by atoms with Gasteiger partial charge in [0.1, 0.15) is 6.10 Å². The Kier molecular flexibility index (Phi) is 5.50. The van der Waals surface area contributed by atoms with E-state index in [0.29, 0.717) is 12.2 Å². The molecule has 2 amide bonds. The minimum absolute atomic E-state index is 0.0527. The van der Waals surface area contributed by atoms with Crippen molar-refractivity contribution >= 4 is 29.1 Å². The summed E-state index contributed by atoms with van der Waals surface area (Å²) in [6.07, 6.45) is 1.00. The predicted octanol–water partition coefficient (Wildman–Crippen LogP) is 4.75. The van der Waals surface area contributed by atoms with E-state index >= 15 is 0 Å². The lowest BCUT2D eigenvalue weighted by atomic mass is 10.1. The molecule has 162 valence electrons. The summed E-state index contributed by atoms with van der Waals surface area (Å²) in [6.45, 7) is 0.449. The number of nitrogens with one attached hydrogen (secondary N) is 2. The first-order chi connectivity index (χ1) is 15.6. The highest BCUT2D eigenvalue weighted by molar-refractivity contribution is 5.86. The van der Waals surface area contributed by atoms with Crippen LogP contribution in [0, 0.1) is 0 Å². The second kappa shape index (κ2) is 8.75. The first-order valence-corrected chi connectivity index (χ1v) is 10.9. The van der Waals surface area contributed by atoms with Gasteiger partial charge < -0.3 is 15.0 Å². The highest BCUT2D eigenvalue weighted by atomic mass is 16.6. The number of carbonyl (C=O) groups is 2. The maximum atomic E-state index is 12.6. The van der Waals surface area contributed by atoms with Gasteiger partial charge in [0.15, 0.2) is 0 Å². The van der Waals surface area contributed by atoms with Gasteiger partial charge in [0, 0.05) is 23.1 Å². The molecule has 0 radical (unpaired) electrons. The second-order valence-electron chi connectivity index (χ2n) is 8.30. The van der Waals surface area contributed by atoms with Crippen LogP contribution in [0.5, 0.6) is 0 Å². The maximum absolute atomic E-state index is 12.6. The van der Waals surface area contributed by atoms with Gasteiger partial charge in [0.25, 0.3) is 0 Å². The van der Waals surface area contributed by atoms with E-state index in [0.717, 1.165) is 24.2 Å². The van der Waals surface area contributed by atoms with E-state index in [1.54, 1.807) is 0 Å². The highest BCUT2D eigenvalue weighted by Crippen LogP contribution is 2.29. The van der Waals surface area contributed by atoms with Gasteiger partial charge in [0.05, 0.1) is 13.0 Å². The Balaban J connectivity index is 1.13. The van der Waals surface area contributed by atoms with Gasteiger partial charge in [-0.3, -0.25) is 10.1 Å². The fraction of sp³-hybridized carbons (Fsp3) is 0.231. The number of likely N-dealkylation sites (tertiary alicyclic amines) is 1. The molecule has 0 bridgehead atoms. The average molecular weight is 428 g/mol. The summed E-state index contributed by atoms with van der Waals surface area (Å²) in [5, 5.41) is 6.05. The fourth-order valence-electron chi connectivity index (χ4n) is 4.51. The van der Waals surface area contributed by atoms with Gasteiger partial charge in [-0.25, -0.2) is 4.79 Å². The Morgan fingerprint density at radius 3 is 2.06 bits per heavy atom. The molecule has 1 heterocycles. The minimum atomic E-state index is -0.539. The first-order valence-electron chi connectivity index (χ1n) is 10.9. The van der Waals surface area contributed by atoms with Crippen LogP contribution in [-0.4, -0.2) is 35.6 Å². The van der Waals surface area contributed by atoms with Crippen LogP contribution in [-0.2, 0) is 22.4 Å². The summed E-state index contributed by atoms with van der Waals surface area (Å²) < 4.78 is 5.55. The van der Waals surface area contributed by atoms with Crippen molar-refractivity contribution in [3.05, 3.63) is 90.0 Å². The number of benzene rings is 3. The molecule has 6 nitrogen and oxygen atoms in total. The molecule has 3 aromatic carbocycles. The topological polar surface area (TPSA) is 70.7 Å². The normalized spacial score (nSPS) is 17.8. The number of fused-ring (bicyclic) bond motifs is 1. The molecule has 32 heavy (non-hydrogen) atoms. The zero-order chi connectivity index (χ0) is 21.9. The lowest BCUT2D eigenvalue weighted by molar-refractivity contribution is -0.129. The average Bonchev–Trinajstić information content (AvgIpc) is 3.38. The largest absolute Gasteiger partial charge is 0.444 e. The number of anilines is 3. The van der Waals surface area contributed by atoms with E-state index in [9.17, 15) is 9.59 Å². The predicted molar refractivity (Wildman–Crippen MR) is 124 cm³/mol. The molecule has 2 N–H and O–H groups in total. The summed E-state index contributed by atoms with van der Waals surface area (Å²) >= 11 is 0. The molecule has 1 unspecified atom stereocenters. The summed E-state index contributed by atoms with van der Waals surface area (Å²) in [6, 6.07) is 25.8. The molecule has 1 aliphatic heterocycles. The van der Waals surface area contributed by atoms with E-state index < -0.39 is 12.2 Å². The van der Waals surface area contributed by atoms with E-state index in [4.69, 9.17) is 4.74 Å². The number of rotatable bonds is 5. The Bertz CT molecular complexity index is 1090. The summed E-state index contributed by atoms with van der Waals surface area (Å²) in [5.74, 6) is 0.0527. The number of hydrogen-bond acceptors (Lipinski definition) is 4.